The zero-order valence-corrected chi connectivity index (χ0v) is 18.7. The molecule has 1 N–H and O–H groups in total. The van der Waals surface area contributed by atoms with Crippen molar-refractivity contribution in [2.75, 3.05) is 34.4 Å². The lowest BCUT2D eigenvalue weighted by atomic mass is 10.1. The molecule has 7 heteroatoms. The third-order valence-corrected chi connectivity index (χ3v) is 5.05. The monoisotopic (exact) mass is 421 g/mol. The molecule has 2 aromatic carbocycles. The number of nitrogens with zero attached hydrogens (tertiary/aromatic N) is 4. The largest absolute Gasteiger partial charge is 0.493 e. The molecule has 0 spiro atoms. The molecule has 0 fully saturated rings. The van der Waals surface area contributed by atoms with E-state index in [1.54, 1.807) is 20.4 Å². The van der Waals surface area contributed by atoms with Crippen LogP contribution in [0.25, 0.3) is 5.69 Å². The Morgan fingerprint density at radius 3 is 2.65 bits per heavy atom. The number of hydrogen-bond donors (Lipinski definition) is 1. The van der Waals surface area contributed by atoms with Crippen molar-refractivity contribution in [2.24, 2.45) is 4.99 Å². The first-order valence-corrected chi connectivity index (χ1v) is 10.4. The standard InChI is InChI=1S/C24H31N5O2/c1-5-26-24(27-17-20-8-6-7-9-21(20)29-15-13-25-18-29)28(2)14-12-19-10-11-22(30-3)23(16-19)31-4/h6-11,13,15-16,18H,5,12,14,17H2,1-4H3,(H,26,27). The SMILES string of the molecule is CCNC(=NCc1ccccc1-n1ccnc1)N(C)CCc1ccc(OC)c(OC)c1. The van der Waals surface area contributed by atoms with Crippen LogP contribution in [0.2, 0.25) is 0 Å². The van der Waals surface area contributed by atoms with Crippen molar-refractivity contribution >= 4 is 5.96 Å². The van der Waals surface area contributed by atoms with Crippen LogP contribution >= 0.6 is 0 Å². The number of guanidine groups is 1. The molecule has 1 aromatic heterocycles. The van der Waals surface area contributed by atoms with Crippen LogP contribution in [0.1, 0.15) is 18.1 Å². The molecule has 0 aliphatic heterocycles. The lowest BCUT2D eigenvalue weighted by Crippen LogP contribution is -2.40. The molecule has 0 aliphatic carbocycles. The van der Waals surface area contributed by atoms with Gasteiger partial charge in [0.05, 0.1) is 32.8 Å². The Morgan fingerprint density at radius 2 is 1.94 bits per heavy atom. The van der Waals surface area contributed by atoms with E-state index in [0.717, 1.165) is 48.2 Å². The highest BCUT2D eigenvalue weighted by molar-refractivity contribution is 5.79. The van der Waals surface area contributed by atoms with Crippen molar-refractivity contribution in [1.82, 2.24) is 19.8 Å². The third kappa shape index (κ3) is 5.78. The van der Waals surface area contributed by atoms with Gasteiger partial charge in [0.1, 0.15) is 0 Å². The predicted octanol–water partition coefficient (Wildman–Crippen LogP) is 3.53. The van der Waals surface area contributed by atoms with Gasteiger partial charge in [0, 0.05) is 32.5 Å². The molecule has 0 bridgehead atoms. The minimum Gasteiger partial charge on any atom is -0.493 e. The molecule has 164 valence electrons. The van der Waals surface area contributed by atoms with Gasteiger partial charge in [-0.1, -0.05) is 24.3 Å². The summed E-state index contributed by atoms with van der Waals surface area (Å²) in [7, 11) is 5.37. The fraction of sp³-hybridized carbons (Fsp3) is 0.333. The fourth-order valence-electron chi connectivity index (χ4n) is 3.37. The van der Waals surface area contributed by atoms with Gasteiger partial charge in [-0.2, -0.15) is 0 Å². The number of hydrogen-bond acceptors (Lipinski definition) is 4. The maximum absolute atomic E-state index is 5.42. The second-order valence-corrected chi connectivity index (χ2v) is 7.13. The van der Waals surface area contributed by atoms with E-state index >= 15 is 0 Å². The molecule has 3 aromatic rings. The van der Waals surface area contributed by atoms with Crippen LogP contribution in [0.4, 0.5) is 0 Å². The predicted molar refractivity (Wildman–Crippen MR) is 124 cm³/mol. The van der Waals surface area contributed by atoms with E-state index in [2.05, 4.69) is 47.4 Å². The first-order chi connectivity index (χ1) is 15.2. The minimum absolute atomic E-state index is 0.581. The van der Waals surface area contributed by atoms with Gasteiger partial charge in [0.15, 0.2) is 17.5 Å². The van der Waals surface area contributed by atoms with Gasteiger partial charge in [0.25, 0.3) is 0 Å². The summed E-state index contributed by atoms with van der Waals surface area (Å²) in [6.07, 6.45) is 6.41. The summed E-state index contributed by atoms with van der Waals surface area (Å²) in [5.41, 5.74) is 3.42. The molecule has 7 nitrogen and oxygen atoms in total. The van der Waals surface area contributed by atoms with Crippen LogP contribution in [-0.4, -0.2) is 54.8 Å². The third-order valence-electron chi connectivity index (χ3n) is 5.05. The number of para-hydroxylation sites is 1. The van der Waals surface area contributed by atoms with E-state index in [4.69, 9.17) is 14.5 Å². The van der Waals surface area contributed by atoms with E-state index in [1.165, 1.54) is 5.56 Å². The second-order valence-electron chi connectivity index (χ2n) is 7.13. The van der Waals surface area contributed by atoms with Crippen LogP contribution < -0.4 is 14.8 Å². The number of benzene rings is 2. The van der Waals surface area contributed by atoms with E-state index < -0.39 is 0 Å². The number of likely N-dealkylation sites (N-methyl/N-ethyl adjacent to an activating group) is 1. The van der Waals surface area contributed by atoms with Crippen molar-refractivity contribution in [2.45, 2.75) is 19.9 Å². The van der Waals surface area contributed by atoms with Crippen molar-refractivity contribution in [1.29, 1.82) is 0 Å². The highest BCUT2D eigenvalue weighted by atomic mass is 16.5. The van der Waals surface area contributed by atoms with Gasteiger partial charge >= 0.3 is 0 Å². The van der Waals surface area contributed by atoms with E-state index in [9.17, 15) is 0 Å². The van der Waals surface area contributed by atoms with Crippen LogP contribution in [0.5, 0.6) is 11.5 Å². The van der Waals surface area contributed by atoms with Crippen molar-refractivity contribution < 1.29 is 9.47 Å². The maximum Gasteiger partial charge on any atom is 0.193 e. The minimum atomic E-state index is 0.581. The Labute approximate surface area is 184 Å². The zero-order valence-electron chi connectivity index (χ0n) is 18.7. The number of imidazole rings is 1. The highest BCUT2D eigenvalue weighted by Gasteiger charge is 2.10. The topological polar surface area (TPSA) is 63.9 Å². The summed E-state index contributed by atoms with van der Waals surface area (Å²) in [6.45, 7) is 4.29. The van der Waals surface area contributed by atoms with Crippen LogP contribution in [0, 0.1) is 0 Å². The lowest BCUT2D eigenvalue weighted by molar-refractivity contribution is 0.354. The van der Waals surface area contributed by atoms with Crippen molar-refractivity contribution in [3.8, 4) is 17.2 Å². The van der Waals surface area contributed by atoms with Crippen LogP contribution in [-0.2, 0) is 13.0 Å². The number of nitrogens with one attached hydrogen (secondary N) is 1. The number of ether oxygens (including phenoxy) is 2. The van der Waals surface area contributed by atoms with Gasteiger partial charge in [-0.05, 0) is 42.7 Å². The van der Waals surface area contributed by atoms with Gasteiger partial charge in [-0.15, -0.1) is 0 Å². The van der Waals surface area contributed by atoms with Crippen LogP contribution in [0.3, 0.4) is 0 Å². The quantitative estimate of drug-likeness (QED) is 0.423. The molecule has 0 saturated carbocycles. The molecule has 0 saturated heterocycles. The van der Waals surface area contributed by atoms with E-state index in [1.807, 2.05) is 41.4 Å². The number of aromatic nitrogens is 2. The molecule has 0 atom stereocenters. The Morgan fingerprint density at radius 1 is 1.13 bits per heavy atom. The first kappa shape index (κ1) is 22.2. The van der Waals surface area contributed by atoms with E-state index in [0.29, 0.717) is 6.54 Å². The summed E-state index contributed by atoms with van der Waals surface area (Å²) < 4.78 is 12.8. The van der Waals surface area contributed by atoms with Gasteiger partial charge in [0.2, 0.25) is 0 Å². The molecule has 0 unspecified atom stereocenters. The van der Waals surface area contributed by atoms with E-state index in [-0.39, 0.29) is 0 Å². The number of methoxy groups -OCH3 is 2. The molecule has 31 heavy (non-hydrogen) atoms. The maximum atomic E-state index is 5.42. The molecule has 0 radical (unpaired) electrons. The average molecular weight is 422 g/mol. The summed E-state index contributed by atoms with van der Waals surface area (Å²) in [6, 6.07) is 14.3. The molecule has 3 rings (SSSR count). The Bertz CT molecular complexity index is 985. The summed E-state index contributed by atoms with van der Waals surface area (Å²) in [5.74, 6) is 2.37. The number of aliphatic imine (C=N–C) groups is 1. The molecule has 0 amide bonds. The normalized spacial score (nSPS) is 11.3. The average Bonchev–Trinajstić information content (AvgIpc) is 3.35. The molecular formula is C24H31N5O2. The molecule has 1 heterocycles. The zero-order chi connectivity index (χ0) is 22.1. The fourth-order valence-corrected chi connectivity index (χ4v) is 3.37. The highest BCUT2D eigenvalue weighted by Crippen LogP contribution is 2.27. The Hall–Kier alpha value is -3.48. The van der Waals surface area contributed by atoms with Gasteiger partial charge in [-0.25, -0.2) is 9.98 Å². The lowest BCUT2D eigenvalue weighted by Gasteiger charge is -2.22. The van der Waals surface area contributed by atoms with Gasteiger partial charge in [-0.3, -0.25) is 0 Å². The summed E-state index contributed by atoms with van der Waals surface area (Å²) >= 11 is 0. The summed E-state index contributed by atoms with van der Waals surface area (Å²) in [5, 5.41) is 3.40. The summed E-state index contributed by atoms with van der Waals surface area (Å²) in [4.78, 5) is 11.2. The van der Waals surface area contributed by atoms with Gasteiger partial charge < -0.3 is 24.3 Å². The van der Waals surface area contributed by atoms with Crippen molar-refractivity contribution in [3.63, 3.8) is 0 Å². The Kier molecular flexibility index (Phi) is 7.92. The smallest absolute Gasteiger partial charge is 0.193 e. The molecular weight excluding hydrogens is 390 g/mol. The number of rotatable bonds is 9. The second kappa shape index (κ2) is 11.1. The van der Waals surface area contributed by atoms with Crippen LogP contribution in [0.15, 0.2) is 66.2 Å². The van der Waals surface area contributed by atoms with Crippen molar-refractivity contribution in [3.05, 3.63) is 72.3 Å². The Balaban J connectivity index is 1.70. The first-order valence-electron chi connectivity index (χ1n) is 10.4. The molecule has 0 aliphatic rings.